The molecule has 7 heteroatoms. The number of hydrogen-bond donors (Lipinski definition) is 1. The summed E-state index contributed by atoms with van der Waals surface area (Å²) in [7, 11) is -3.68. The number of aryl methyl sites for hydroxylation is 3. The SMILES string of the molecule is CC[C@@H](C(=O)NCCCc1ccc(C)cc1)N(c1cc(Cl)ccc1C)S(C)(=O)=O. The van der Waals surface area contributed by atoms with Gasteiger partial charge < -0.3 is 5.32 Å². The van der Waals surface area contributed by atoms with Crippen LogP contribution in [-0.2, 0) is 21.2 Å². The maximum absolute atomic E-state index is 12.8. The van der Waals surface area contributed by atoms with Crippen LogP contribution in [0.1, 0.15) is 36.5 Å². The van der Waals surface area contributed by atoms with E-state index in [1.54, 1.807) is 32.0 Å². The summed E-state index contributed by atoms with van der Waals surface area (Å²) in [5.41, 5.74) is 3.60. The summed E-state index contributed by atoms with van der Waals surface area (Å²) in [6.07, 6.45) is 3.09. The quantitative estimate of drug-likeness (QED) is 0.597. The monoisotopic (exact) mass is 436 g/mol. The highest BCUT2D eigenvalue weighted by Crippen LogP contribution is 2.29. The van der Waals surface area contributed by atoms with Crippen LogP contribution in [-0.4, -0.2) is 33.2 Å². The van der Waals surface area contributed by atoms with Crippen molar-refractivity contribution in [2.24, 2.45) is 0 Å². The average Bonchev–Trinajstić information content (AvgIpc) is 2.65. The first-order valence-electron chi connectivity index (χ1n) is 9.72. The predicted octanol–water partition coefficient (Wildman–Crippen LogP) is 4.25. The zero-order chi connectivity index (χ0) is 21.6. The van der Waals surface area contributed by atoms with E-state index >= 15 is 0 Å². The number of sulfonamides is 1. The molecule has 0 spiro atoms. The molecule has 0 aromatic heterocycles. The highest BCUT2D eigenvalue weighted by atomic mass is 35.5. The Labute approximate surface area is 179 Å². The lowest BCUT2D eigenvalue weighted by molar-refractivity contribution is -0.122. The molecule has 1 N–H and O–H groups in total. The minimum atomic E-state index is -3.68. The summed E-state index contributed by atoms with van der Waals surface area (Å²) in [5, 5.41) is 3.32. The maximum atomic E-state index is 12.8. The fourth-order valence-corrected chi connectivity index (χ4v) is 4.66. The number of rotatable bonds is 9. The lowest BCUT2D eigenvalue weighted by atomic mass is 10.1. The molecule has 2 aromatic rings. The second-order valence-corrected chi connectivity index (χ2v) is 9.59. The minimum Gasteiger partial charge on any atom is -0.354 e. The van der Waals surface area contributed by atoms with Crippen LogP contribution in [0.25, 0.3) is 0 Å². The molecule has 0 heterocycles. The Kier molecular flexibility index (Phi) is 8.11. The zero-order valence-electron chi connectivity index (χ0n) is 17.4. The van der Waals surface area contributed by atoms with E-state index in [9.17, 15) is 13.2 Å². The molecule has 0 aliphatic carbocycles. The van der Waals surface area contributed by atoms with Gasteiger partial charge >= 0.3 is 0 Å². The lowest BCUT2D eigenvalue weighted by Crippen LogP contribution is -2.49. The van der Waals surface area contributed by atoms with Gasteiger partial charge in [0, 0.05) is 11.6 Å². The lowest BCUT2D eigenvalue weighted by Gasteiger charge is -2.31. The molecule has 0 bridgehead atoms. The third-order valence-corrected chi connectivity index (χ3v) is 6.20. The molecule has 0 radical (unpaired) electrons. The molecule has 2 aromatic carbocycles. The highest BCUT2D eigenvalue weighted by molar-refractivity contribution is 7.92. The van der Waals surface area contributed by atoms with Crippen molar-refractivity contribution in [3.05, 3.63) is 64.2 Å². The number of benzene rings is 2. The van der Waals surface area contributed by atoms with Gasteiger partial charge in [-0.2, -0.15) is 0 Å². The van der Waals surface area contributed by atoms with Crippen molar-refractivity contribution in [1.82, 2.24) is 5.32 Å². The van der Waals surface area contributed by atoms with Crippen molar-refractivity contribution < 1.29 is 13.2 Å². The summed E-state index contributed by atoms with van der Waals surface area (Å²) < 4.78 is 26.3. The Morgan fingerprint density at radius 3 is 2.38 bits per heavy atom. The van der Waals surface area contributed by atoms with Gasteiger partial charge in [-0.25, -0.2) is 8.42 Å². The molecular weight excluding hydrogens is 408 g/mol. The molecule has 5 nitrogen and oxygen atoms in total. The number of carbonyl (C=O) groups is 1. The molecule has 0 aliphatic rings. The second kappa shape index (κ2) is 10.1. The van der Waals surface area contributed by atoms with Crippen LogP contribution in [0.2, 0.25) is 5.02 Å². The van der Waals surface area contributed by atoms with E-state index in [0.717, 1.165) is 24.7 Å². The van der Waals surface area contributed by atoms with E-state index in [1.165, 1.54) is 15.4 Å². The van der Waals surface area contributed by atoms with Gasteiger partial charge in [0.25, 0.3) is 0 Å². The molecule has 158 valence electrons. The smallest absolute Gasteiger partial charge is 0.243 e. The fourth-order valence-electron chi connectivity index (χ4n) is 3.23. The number of amides is 1. The Balaban J connectivity index is 2.10. The summed E-state index contributed by atoms with van der Waals surface area (Å²) in [6, 6.07) is 12.5. The molecule has 1 amide bonds. The van der Waals surface area contributed by atoms with E-state index in [1.807, 2.05) is 6.92 Å². The van der Waals surface area contributed by atoms with Gasteiger partial charge in [0.05, 0.1) is 11.9 Å². The molecule has 0 saturated heterocycles. The van der Waals surface area contributed by atoms with E-state index < -0.39 is 16.1 Å². The van der Waals surface area contributed by atoms with Gasteiger partial charge in [0.15, 0.2) is 0 Å². The van der Waals surface area contributed by atoms with Crippen LogP contribution in [0.3, 0.4) is 0 Å². The van der Waals surface area contributed by atoms with Crippen molar-refractivity contribution in [3.8, 4) is 0 Å². The minimum absolute atomic E-state index is 0.304. The van der Waals surface area contributed by atoms with Crippen LogP contribution < -0.4 is 9.62 Å². The van der Waals surface area contributed by atoms with Crippen molar-refractivity contribution in [1.29, 1.82) is 0 Å². The van der Waals surface area contributed by atoms with Crippen molar-refractivity contribution in [3.63, 3.8) is 0 Å². The third-order valence-electron chi connectivity index (χ3n) is 4.80. The first-order chi connectivity index (χ1) is 13.6. The number of halogens is 1. The predicted molar refractivity (Wildman–Crippen MR) is 120 cm³/mol. The highest BCUT2D eigenvalue weighted by Gasteiger charge is 2.32. The fraction of sp³-hybridized carbons (Fsp3) is 0.409. The Morgan fingerprint density at radius 1 is 1.14 bits per heavy atom. The number of carbonyl (C=O) groups excluding carboxylic acids is 1. The van der Waals surface area contributed by atoms with Crippen LogP contribution in [0.15, 0.2) is 42.5 Å². The van der Waals surface area contributed by atoms with E-state index in [0.29, 0.717) is 23.7 Å². The topological polar surface area (TPSA) is 66.5 Å². The number of hydrogen-bond acceptors (Lipinski definition) is 3. The van der Waals surface area contributed by atoms with Gasteiger partial charge in [-0.05, 0) is 56.4 Å². The second-order valence-electron chi connectivity index (χ2n) is 7.29. The van der Waals surface area contributed by atoms with Crippen molar-refractivity contribution in [2.75, 3.05) is 17.1 Å². The molecule has 0 unspecified atom stereocenters. The van der Waals surface area contributed by atoms with Crippen LogP contribution in [0.4, 0.5) is 5.69 Å². The van der Waals surface area contributed by atoms with Crippen LogP contribution >= 0.6 is 11.6 Å². The summed E-state index contributed by atoms with van der Waals surface area (Å²) in [6.45, 7) is 6.13. The summed E-state index contributed by atoms with van der Waals surface area (Å²) in [5.74, 6) is -0.304. The van der Waals surface area contributed by atoms with E-state index in [2.05, 4.69) is 29.6 Å². The normalized spacial score (nSPS) is 12.4. The van der Waals surface area contributed by atoms with Gasteiger partial charge in [0.2, 0.25) is 15.9 Å². The van der Waals surface area contributed by atoms with Gasteiger partial charge in [-0.1, -0.05) is 54.4 Å². The van der Waals surface area contributed by atoms with Crippen LogP contribution in [0, 0.1) is 13.8 Å². The van der Waals surface area contributed by atoms with Crippen molar-refractivity contribution in [2.45, 2.75) is 46.1 Å². The van der Waals surface area contributed by atoms with Gasteiger partial charge in [0.1, 0.15) is 6.04 Å². The van der Waals surface area contributed by atoms with Gasteiger partial charge in [-0.3, -0.25) is 9.10 Å². The van der Waals surface area contributed by atoms with E-state index in [4.69, 9.17) is 11.6 Å². The number of nitrogens with zero attached hydrogens (tertiary/aromatic N) is 1. The molecule has 2 rings (SSSR count). The first-order valence-corrected chi connectivity index (χ1v) is 11.9. The standard InChI is InChI=1S/C22H29ClN2O3S/c1-5-20(22(26)24-14-6-7-18-11-8-16(2)9-12-18)25(29(4,27)28)21-15-19(23)13-10-17(21)3/h8-13,15,20H,5-7,14H2,1-4H3,(H,24,26)/t20-/m0/s1. The summed E-state index contributed by atoms with van der Waals surface area (Å²) in [4.78, 5) is 12.8. The average molecular weight is 437 g/mol. The zero-order valence-corrected chi connectivity index (χ0v) is 19.0. The van der Waals surface area contributed by atoms with Crippen molar-refractivity contribution >= 4 is 33.2 Å². The Hall–Kier alpha value is -2.05. The van der Waals surface area contributed by atoms with Gasteiger partial charge in [-0.15, -0.1) is 0 Å². The molecule has 29 heavy (non-hydrogen) atoms. The third kappa shape index (κ3) is 6.47. The summed E-state index contributed by atoms with van der Waals surface area (Å²) >= 11 is 6.09. The number of nitrogens with one attached hydrogen (secondary N) is 1. The largest absolute Gasteiger partial charge is 0.354 e. The maximum Gasteiger partial charge on any atom is 0.243 e. The number of anilines is 1. The molecule has 0 aliphatic heterocycles. The molecule has 0 saturated carbocycles. The van der Waals surface area contributed by atoms with Crippen LogP contribution in [0.5, 0.6) is 0 Å². The van der Waals surface area contributed by atoms with E-state index in [-0.39, 0.29) is 5.91 Å². The first kappa shape index (κ1) is 23.2. The molecular formula is C22H29ClN2O3S. The molecule has 1 atom stereocenters. The molecule has 0 fully saturated rings. The Morgan fingerprint density at radius 2 is 1.79 bits per heavy atom. The Bertz CT molecular complexity index is 943.